The lowest BCUT2D eigenvalue weighted by Crippen LogP contribution is -2.43. The Labute approximate surface area is 141 Å². The summed E-state index contributed by atoms with van der Waals surface area (Å²) >= 11 is 5.77. The first-order valence-corrected chi connectivity index (χ1v) is 7.09. The molecule has 0 aliphatic carbocycles. The van der Waals surface area contributed by atoms with Gasteiger partial charge in [0.2, 0.25) is 0 Å². The molecule has 126 valence electrons. The Kier molecular flexibility index (Phi) is 6.21. The van der Waals surface area contributed by atoms with E-state index in [1.54, 1.807) is 18.2 Å². The fourth-order valence-electron chi connectivity index (χ4n) is 1.52. The van der Waals surface area contributed by atoms with Crippen molar-refractivity contribution in [1.29, 1.82) is 0 Å². The maximum Gasteiger partial charge on any atom is 0.344 e. The molecule has 2 amide bonds. The maximum atomic E-state index is 11.5. The second kappa shape index (κ2) is 8.59. The summed E-state index contributed by atoms with van der Waals surface area (Å²) in [7, 11) is 0. The highest BCUT2D eigenvalue weighted by Gasteiger charge is 2.11. The number of carbonyl (C=O) groups is 3. The molecular weight excluding hydrogens is 340 g/mol. The number of furan rings is 1. The van der Waals surface area contributed by atoms with E-state index in [1.807, 2.05) is 0 Å². The Hall–Kier alpha value is -3.00. The fourth-order valence-corrected chi connectivity index (χ4v) is 1.70. The average Bonchev–Trinajstić information content (AvgIpc) is 3.10. The summed E-state index contributed by atoms with van der Waals surface area (Å²) in [4.78, 5) is 34.4. The van der Waals surface area contributed by atoms with Gasteiger partial charge in [-0.1, -0.05) is 17.7 Å². The normalized spacial score (nSPS) is 9.88. The zero-order chi connectivity index (χ0) is 17.4. The Morgan fingerprint density at radius 3 is 2.62 bits per heavy atom. The summed E-state index contributed by atoms with van der Waals surface area (Å²) in [6.07, 6.45) is 1.32. The summed E-state index contributed by atoms with van der Waals surface area (Å²) < 4.78 is 14.7. The molecule has 0 unspecified atom stereocenters. The van der Waals surface area contributed by atoms with E-state index < -0.39 is 24.4 Å². The zero-order valence-corrected chi connectivity index (χ0v) is 13.0. The molecule has 1 aromatic carbocycles. The molecule has 0 saturated carbocycles. The van der Waals surface area contributed by atoms with E-state index in [0.29, 0.717) is 10.8 Å². The molecule has 0 fully saturated rings. The van der Waals surface area contributed by atoms with Gasteiger partial charge in [-0.3, -0.25) is 20.4 Å². The van der Waals surface area contributed by atoms with Crippen LogP contribution in [0.5, 0.6) is 5.75 Å². The first-order chi connectivity index (χ1) is 11.5. The highest BCUT2D eigenvalue weighted by molar-refractivity contribution is 6.30. The molecule has 0 radical (unpaired) electrons. The third-order valence-corrected chi connectivity index (χ3v) is 2.81. The predicted molar refractivity (Wildman–Crippen MR) is 82.2 cm³/mol. The molecule has 2 rings (SSSR count). The smallest absolute Gasteiger partial charge is 0.344 e. The number of esters is 1. The average molecular weight is 353 g/mol. The van der Waals surface area contributed by atoms with Crippen molar-refractivity contribution in [3.8, 4) is 5.75 Å². The minimum atomic E-state index is -0.748. The molecule has 0 spiro atoms. The van der Waals surface area contributed by atoms with E-state index in [-0.39, 0.29) is 12.4 Å². The van der Waals surface area contributed by atoms with Crippen LogP contribution in [-0.2, 0) is 14.3 Å². The molecular formula is C15H13ClN2O6. The van der Waals surface area contributed by atoms with E-state index in [2.05, 4.69) is 10.9 Å². The van der Waals surface area contributed by atoms with Crippen LogP contribution in [0.3, 0.4) is 0 Å². The van der Waals surface area contributed by atoms with E-state index in [0.717, 1.165) is 0 Å². The van der Waals surface area contributed by atoms with Gasteiger partial charge in [0.15, 0.2) is 19.0 Å². The van der Waals surface area contributed by atoms with Crippen LogP contribution in [0.25, 0.3) is 0 Å². The number of benzene rings is 1. The van der Waals surface area contributed by atoms with Crippen molar-refractivity contribution in [2.45, 2.75) is 0 Å². The van der Waals surface area contributed by atoms with Crippen molar-refractivity contribution < 1.29 is 28.3 Å². The third kappa shape index (κ3) is 5.65. The summed E-state index contributed by atoms with van der Waals surface area (Å²) in [5.41, 5.74) is 4.18. The van der Waals surface area contributed by atoms with Crippen molar-refractivity contribution in [3.05, 3.63) is 53.4 Å². The second-order valence-corrected chi connectivity index (χ2v) is 4.82. The minimum Gasteiger partial charge on any atom is -0.482 e. The predicted octanol–water partition coefficient (Wildman–Crippen LogP) is 1.32. The lowest BCUT2D eigenvalue weighted by atomic mass is 10.3. The molecule has 1 aromatic heterocycles. The van der Waals surface area contributed by atoms with E-state index in [9.17, 15) is 14.4 Å². The van der Waals surface area contributed by atoms with Crippen molar-refractivity contribution in [2.75, 3.05) is 13.2 Å². The number of hydrazine groups is 1. The molecule has 2 N–H and O–H groups in total. The van der Waals surface area contributed by atoms with Crippen LogP contribution in [0.4, 0.5) is 0 Å². The Balaban J connectivity index is 1.64. The Bertz CT molecular complexity index is 717. The molecule has 0 bridgehead atoms. The van der Waals surface area contributed by atoms with Crippen LogP contribution in [0, 0.1) is 0 Å². The second-order valence-electron chi connectivity index (χ2n) is 4.39. The van der Waals surface area contributed by atoms with Gasteiger partial charge >= 0.3 is 11.9 Å². The maximum absolute atomic E-state index is 11.5. The van der Waals surface area contributed by atoms with Crippen molar-refractivity contribution in [1.82, 2.24) is 10.9 Å². The molecule has 9 heteroatoms. The van der Waals surface area contributed by atoms with E-state index in [1.165, 1.54) is 24.5 Å². The van der Waals surface area contributed by atoms with Gasteiger partial charge in [0.05, 0.1) is 6.26 Å². The van der Waals surface area contributed by atoms with Gasteiger partial charge < -0.3 is 13.9 Å². The summed E-state index contributed by atoms with van der Waals surface area (Å²) in [5, 5.41) is 0.465. The lowest BCUT2D eigenvalue weighted by Gasteiger charge is -2.08. The molecule has 0 atom stereocenters. The number of hydrogen-bond acceptors (Lipinski definition) is 6. The number of amides is 2. The number of halogens is 1. The summed E-state index contributed by atoms with van der Waals surface area (Å²) in [6, 6.07) is 9.43. The van der Waals surface area contributed by atoms with Crippen molar-refractivity contribution in [3.63, 3.8) is 0 Å². The highest BCUT2D eigenvalue weighted by atomic mass is 35.5. The molecule has 2 aromatic rings. The van der Waals surface area contributed by atoms with Crippen LogP contribution < -0.4 is 15.6 Å². The van der Waals surface area contributed by atoms with Crippen LogP contribution in [0.2, 0.25) is 5.02 Å². The molecule has 0 aliphatic rings. The zero-order valence-electron chi connectivity index (χ0n) is 12.3. The first kappa shape index (κ1) is 17.4. The SMILES string of the molecule is O=C(COC(=O)COc1cccc(Cl)c1)NNC(=O)c1ccco1. The Morgan fingerprint density at radius 1 is 1.08 bits per heavy atom. The Morgan fingerprint density at radius 2 is 1.92 bits per heavy atom. The number of nitrogens with one attached hydrogen (secondary N) is 2. The number of rotatable bonds is 6. The van der Waals surface area contributed by atoms with Crippen LogP contribution in [0.1, 0.15) is 10.6 Å². The number of carbonyl (C=O) groups excluding carboxylic acids is 3. The first-order valence-electron chi connectivity index (χ1n) is 6.71. The summed E-state index contributed by atoms with van der Waals surface area (Å²) in [6.45, 7) is -0.956. The molecule has 1 heterocycles. The third-order valence-electron chi connectivity index (χ3n) is 2.58. The topological polar surface area (TPSA) is 107 Å². The quantitative estimate of drug-likeness (QED) is 0.599. The fraction of sp³-hybridized carbons (Fsp3) is 0.133. The van der Waals surface area contributed by atoms with Crippen LogP contribution in [-0.4, -0.2) is 31.0 Å². The van der Waals surface area contributed by atoms with Gasteiger partial charge in [-0.15, -0.1) is 0 Å². The minimum absolute atomic E-state index is 0.0298. The van der Waals surface area contributed by atoms with Gasteiger partial charge in [0.1, 0.15) is 5.75 Å². The largest absolute Gasteiger partial charge is 0.482 e. The van der Waals surface area contributed by atoms with Gasteiger partial charge in [0.25, 0.3) is 5.91 Å². The van der Waals surface area contributed by atoms with E-state index >= 15 is 0 Å². The van der Waals surface area contributed by atoms with Gasteiger partial charge in [-0.05, 0) is 30.3 Å². The van der Waals surface area contributed by atoms with Crippen molar-refractivity contribution in [2.24, 2.45) is 0 Å². The molecule has 24 heavy (non-hydrogen) atoms. The van der Waals surface area contributed by atoms with Crippen LogP contribution >= 0.6 is 11.6 Å². The molecule has 0 aliphatic heterocycles. The van der Waals surface area contributed by atoms with Gasteiger partial charge in [0, 0.05) is 5.02 Å². The number of ether oxygens (including phenoxy) is 2. The van der Waals surface area contributed by atoms with Crippen molar-refractivity contribution >= 4 is 29.4 Å². The van der Waals surface area contributed by atoms with E-state index in [4.69, 9.17) is 25.5 Å². The number of hydrogen-bond donors (Lipinski definition) is 2. The summed E-state index contributed by atoms with van der Waals surface area (Å²) in [5.74, 6) is -1.67. The van der Waals surface area contributed by atoms with Gasteiger partial charge in [-0.25, -0.2) is 4.79 Å². The molecule has 8 nitrogen and oxygen atoms in total. The molecule has 0 saturated heterocycles. The van der Waals surface area contributed by atoms with Crippen LogP contribution in [0.15, 0.2) is 47.1 Å². The van der Waals surface area contributed by atoms with Gasteiger partial charge in [-0.2, -0.15) is 0 Å². The standard InChI is InChI=1S/C15H13ClN2O6/c16-10-3-1-4-11(7-10)23-9-14(20)24-8-13(19)17-18-15(21)12-5-2-6-22-12/h1-7H,8-9H2,(H,17,19)(H,18,21). The monoisotopic (exact) mass is 352 g/mol. The lowest BCUT2D eigenvalue weighted by molar-refractivity contribution is -0.150. The highest BCUT2D eigenvalue weighted by Crippen LogP contribution is 2.16.